The van der Waals surface area contributed by atoms with Crippen molar-refractivity contribution in [1.29, 1.82) is 0 Å². The Kier molecular flexibility index (Phi) is 27.5. The van der Waals surface area contributed by atoms with Crippen LogP contribution in [0.15, 0.2) is 23.3 Å². The molecule has 0 bridgehead atoms. The highest BCUT2D eigenvalue weighted by molar-refractivity contribution is 5.98. The van der Waals surface area contributed by atoms with Crippen LogP contribution in [0.5, 0.6) is 0 Å². The molecule has 4 heterocycles. The van der Waals surface area contributed by atoms with Gasteiger partial charge in [0.15, 0.2) is 0 Å². The zero-order valence-electron chi connectivity index (χ0n) is 55.8. The molecule has 84 heavy (non-hydrogen) atoms. The molecule has 18 nitrogen and oxygen atoms in total. The molecule has 1 aliphatic carbocycles. The van der Waals surface area contributed by atoms with Crippen LogP contribution in [0.1, 0.15) is 207 Å². The van der Waals surface area contributed by atoms with Gasteiger partial charge in [-0.3, -0.25) is 48.2 Å². The third-order valence-corrected chi connectivity index (χ3v) is 18.5. The molecule has 0 unspecified atom stereocenters. The van der Waals surface area contributed by atoms with Gasteiger partial charge in [-0.2, -0.15) is 0 Å². The number of amides is 8. The lowest BCUT2D eigenvalue weighted by Crippen LogP contribution is -2.60. The molecule has 8 amide bonds. The van der Waals surface area contributed by atoms with Gasteiger partial charge in [0.05, 0.1) is 24.2 Å². The first kappa shape index (κ1) is 71.6. The van der Waals surface area contributed by atoms with Crippen LogP contribution in [0.2, 0.25) is 0 Å². The largest absolute Gasteiger partial charge is 0.357 e. The number of carbonyl (C=O) groups excluding carboxylic acids is 8. The van der Waals surface area contributed by atoms with Gasteiger partial charge in [-0.15, -0.1) is 0 Å². The fourth-order valence-corrected chi connectivity index (χ4v) is 13.3. The normalized spacial score (nSPS) is 23.1. The molecule has 5 fully saturated rings. The van der Waals surface area contributed by atoms with E-state index in [1.807, 2.05) is 81.4 Å². The van der Waals surface area contributed by atoms with E-state index in [4.69, 9.17) is 0 Å². The molecular weight excluding hydrogens is 1060 g/mol. The number of nitrogens with zero attached hydrogens (tertiary/aromatic N) is 6. The predicted octanol–water partition coefficient (Wildman–Crippen LogP) is 7.84. The van der Waals surface area contributed by atoms with Crippen LogP contribution in [0, 0.1) is 28.6 Å². The van der Waals surface area contributed by atoms with Crippen LogP contribution in [-0.2, 0) is 38.4 Å². The first-order chi connectivity index (χ1) is 39.2. The predicted molar refractivity (Wildman–Crippen MR) is 335 cm³/mol. The van der Waals surface area contributed by atoms with Crippen molar-refractivity contribution >= 4 is 47.3 Å². The van der Waals surface area contributed by atoms with Crippen molar-refractivity contribution in [3.63, 3.8) is 0 Å². The van der Waals surface area contributed by atoms with Gasteiger partial charge >= 0.3 is 0 Å². The molecule has 4 aliphatic heterocycles. The van der Waals surface area contributed by atoms with Crippen molar-refractivity contribution < 1.29 is 38.4 Å². The highest BCUT2D eigenvalue weighted by Crippen LogP contribution is 2.30. The molecule has 0 radical (unpaired) electrons. The molecule has 0 aromatic heterocycles. The topological polar surface area (TPSA) is 204 Å². The highest BCUT2D eigenvalue weighted by atomic mass is 16.2. The van der Waals surface area contributed by atoms with E-state index in [9.17, 15) is 38.4 Å². The van der Waals surface area contributed by atoms with Crippen molar-refractivity contribution in [2.24, 2.45) is 28.6 Å². The van der Waals surface area contributed by atoms with E-state index in [0.717, 1.165) is 77.3 Å². The van der Waals surface area contributed by atoms with Crippen LogP contribution >= 0.6 is 0 Å². The lowest BCUT2D eigenvalue weighted by atomic mass is 9.84. The summed E-state index contributed by atoms with van der Waals surface area (Å²) in [7, 11) is 5.10. The molecule has 0 spiro atoms. The molecule has 5 aliphatic rings. The average Bonchev–Trinajstić information content (AvgIpc) is 3.91. The van der Waals surface area contributed by atoms with Crippen molar-refractivity contribution in [1.82, 2.24) is 50.7 Å². The Hall–Kier alpha value is -4.84. The Morgan fingerprint density at radius 3 is 1.18 bits per heavy atom. The lowest BCUT2D eigenvalue weighted by Gasteiger charge is -2.41. The molecule has 0 aromatic carbocycles. The Bertz CT molecular complexity index is 2290. The lowest BCUT2D eigenvalue weighted by molar-refractivity contribution is -0.142. The van der Waals surface area contributed by atoms with E-state index in [2.05, 4.69) is 58.8 Å². The summed E-state index contributed by atoms with van der Waals surface area (Å²) in [5, 5.41) is 12.1. The maximum atomic E-state index is 14.1. The Labute approximate surface area is 507 Å². The maximum Gasteiger partial charge on any atom is 0.249 e. The maximum absolute atomic E-state index is 14.1. The second-order valence-electron chi connectivity index (χ2n) is 28.5. The molecule has 4 N–H and O–H groups in total. The van der Waals surface area contributed by atoms with Gasteiger partial charge < -0.3 is 40.9 Å². The monoisotopic (exact) mass is 1180 g/mol. The first-order valence-corrected chi connectivity index (χ1v) is 32.4. The van der Waals surface area contributed by atoms with Gasteiger partial charge in [0, 0.05) is 64.0 Å². The fourth-order valence-electron chi connectivity index (χ4n) is 13.3. The molecule has 478 valence electrons. The summed E-state index contributed by atoms with van der Waals surface area (Å²) in [5.74, 6) is -0.471. The third kappa shape index (κ3) is 19.3. The highest BCUT2D eigenvalue weighted by Gasteiger charge is 2.43. The molecule has 18 heteroatoms. The molecule has 5 rings (SSSR count). The zero-order valence-corrected chi connectivity index (χ0v) is 55.8. The second-order valence-corrected chi connectivity index (χ2v) is 28.5. The molecule has 8 atom stereocenters. The van der Waals surface area contributed by atoms with Gasteiger partial charge in [-0.25, -0.2) is 0 Å². The van der Waals surface area contributed by atoms with E-state index in [1.165, 1.54) is 19.3 Å². The number of hydrogen-bond donors (Lipinski definition) is 4. The number of nitrogens with one attached hydrogen (secondary N) is 4. The van der Waals surface area contributed by atoms with Gasteiger partial charge in [-0.1, -0.05) is 113 Å². The minimum absolute atomic E-state index is 0.0287. The van der Waals surface area contributed by atoms with Gasteiger partial charge in [0.25, 0.3) is 0 Å². The van der Waals surface area contributed by atoms with E-state index in [0.29, 0.717) is 49.5 Å². The molecule has 1 saturated carbocycles. The summed E-state index contributed by atoms with van der Waals surface area (Å²) < 4.78 is 0. The van der Waals surface area contributed by atoms with Crippen LogP contribution < -0.4 is 21.3 Å². The van der Waals surface area contributed by atoms with Crippen LogP contribution in [0.25, 0.3) is 0 Å². The van der Waals surface area contributed by atoms with Crippen LogP contribution in [0.3, 0.4) is 0 Å². The summed E-state index contributed by atoms with van der Waals surface area (Å²) >= 11 is 0. The SMILES string of the molecule is C/C(=C\[C@H](C(C)C)N(C)C(=O)[C@@H](NC(=O)[C@H]1CCCCN1C(C)C)C(C)(C)C)C(=O)N1CCC[C@H]1C(=O)NCC1CCCCC1.CNC(=O)[C@@H]1CCCN1C(=O)/C(C)=C/[C@H](C(C)C)N(C)C(=O)[C@@H](NC(=O)[C@H]1CCCCN1C(C)C)C(C)(C)C. The minimum atomic E-state index is -0.715. The summed E-state index contributed by atoms with van der Waals surface area (Å²) in [6.07, 6.45) is 18.4. The summed E-state index contributed by atoms with van der Waals surface area (Å²) in [4.78, 5) is 119. The zero-order chi connectivity index (χ0) is 63.1. The van der Waals surface area contributed by atoms with Gasteiger partial charge in [-0.05, 0) is 147 Å². The first-order valence-electron chi connectivity index (χ1n) is 32.4. The van der Waals surface area contributed by atoms with Gasteiger partial charge in [0.2, 0.25) is 47.3 Å². The van der Waals surface area contributed by atoms with Crippen molar-refractivity contribution in [3.05, 3.63) is 23.3 Å². The van der Waals surface area contributed by atoms with Crippen molar-refractivity contribution in [3.8, 4) is 0 Å². The molecule has 0 aromatic rings. The minimum Gasteiger partial charge on any atom is -0.357 e. The van der Waals surface area contributed by atoms with Crippen LogP contribution in [0.4, 0.5) is 0 Å². The molecular formula is C66H116N10O8. The average molecular weight is 1180 g/mol. The number of carbonyl (C=O) groups is 8. The summed E-state index contributed by atoms with van der Waals surface area (Å²) in [5.41, 5.74) is 0.0224. The smallest absolute Gasteiger partial charge is 0.249 e. The standard InChI is InChI=1S/C36H63N5O4.C30H53N5O4/c1-24(2)30(22-26(5)34(44)41-21-15-19-28(41)32(42)37-23-27-16-11-10-12-17-27)39(9)35(45)31(36(6,7)8)38-33(43)29-18-13-14-20-40(29)25(3)4;1-19(2)24(18-21(5)28(38)35-17-13-15-22(35)26(36)31-9)33(10)29(39)25(30(6,7)8)32-27(37)23-14-11-12-16-34(23)20(3)4/h22,24-25,27-31H,10-21,23H2,1-9H3,(H,37,42)(H,38,43);18-20,22-25H,11-17H2,1-10H3,(H,31,36)(H,32,37)/b26-22+;21-18+/t28-,29+,30+,31+;22-,23+,24+,25+/m00/s1. The molecule has 4 saturated heterocycles. The van der Waals surface area contributed by atoms with Crippen molar-refractivity contribution in [2.75, 3.05) is 53.9 Å². The summed E-state index contributed by atoms with van der Waals surface area (Å²) in [6.45, 7) is 35.5. The van der Waals surface area contributed by atoms with E-state index >= 15 is 0 Å². The van der Waals surface area contributed by atoms with E-state index in [1.54, 1.807) is 54.6 Å². The number of rotatable bonds is 20. The number of likely N-dealkylation sites (tertiary alicyclic amines) is 4. The fraction of sp³-hybridized carbons (Fsp3) is 0.818. The van der Waals surface area contributed by atoms with Gasteiger partial charge in [0.1, 0.15) is 24.2 Å². The van der Waals surface area contributed by atoms with Crippen LogP contribution in [-0.4, -0.2) is 191 Å². The Morgan fingerprint density at radius 2 is 0.833 bits per heavy atom. The van der Waals surface area contributed by atoms with E-state index < -0.39 is 35.0 Å². The third-order valence-electron chi connectivity index (χ3n) is 18.5. The number of likely N-dealkylation sites (N-methyl/N-ethyl adjacent to an activating group) is 3. The quantitative estimate of drug-likeness (QED) is 0.0870. The number of piperidine rings is 2. The Morgan fingerprint density at radius 1 is 0.476 bits per heavy atom. The van der Waals surface area contributed by atoms with Crippen molar-refractivity contribution in [2.45, 2.75) is 268 Å². The Balaban J connectivity index is 0.000000364. The summed E-state index contributed by atoms with van der Waals surface area (Å²) in [6, 6.07) is -3.03. The second kappa shape index (κ2) is 32.2. The number of hydrogen-bond acceptors (Lipinski definition) is 10. The van der Waals surface area contributed by atoms with E-state index in [-0.39, 0.29) is 95.3 Å².